The number of halogens is 2. The van der Waals surface area contributed by atoms with Crippen molar-refractivity contribution in [3.63, 3.8) is 0 Å². The van der Waals surface area contributed by atoms with Crippen molar-refractivity contribution in [2.75, 3.05) is 30.7 Å². The van der Waals surface area contributed by atoms with Crippen LogP contribution in [0.5, 0.6) is 0 Å². The smallest absolute Gasteiger partial charge is 0.321 e. The molecule has 182 valence electrons. The van der Waals surface area contributed by atoms with Gasteiger partial charge in [0.2, 0.25) is 5.91 Å². The van der Waals surface area contributed by atoms with E-state index in [4.69, 9.17) is 23.2 Å². The van der Waals surface area contributed by atoms with E-state index in [1.54, 1.807) is 23.9 Å². The van der Waals surface area contributed by atoms with Crippen LogP contribution in [-0.2, 0) is 17.6 Å². The lowest BCUT2D eigenvalue weighted by atomic mass is 10.0. The summed E-state index contributed by atoms with van der Waals surface area (Å²) in [5.41, 5.74) is 2.97. The summed E-state index contributed by atoms with van der Waals surface area (Å²) in [6.45, 7) is 3.91. The number of anilines is 1. The third-order valence-corrected chi connectivity index (χ3v) is 8.65. The second kappa shape index (κ2) is 11.2. The van der Waals surface area contributed by atoms with Crippen molar-refractivity contribution < 1.29 is 9.59 Å². The molecule has 0 saturated carbocycles. The Hall–Kier alpha value is -1.93. The van der Waals surface area contributed by atoms with Gasteiger partial charge in [-0.05, 0) is 55.0 Å². The first-order valence-corrected chi connectivity index (χ1v) is 13.4. The third kappa shape index (κ3) is 6.00. The Kier molecular flexibility index (Phi) is 8.30. The predicted octanol–water partition coefficient (Wildman–Crippen LogP) is 4.94. The van der Waals surface area contributed by atoms with Gasteiger partial charge in [-0.25, -0.2) is 4.79 Å². The molecule has 2 aromatic carbocycles. The van der Waals surface area contributed by atoms with Gasteiger partial charge >= 0.3 is 6.03 Å². The van der Waals surface area contributed by atoms with Crippen LogP contribution >= 0.6 is 35.0 Å². The Labute approximate surface area is 215 Å². The first kappa shape index (κ1) is 25.2. The molecular formula is C25H30Cl2N4O2S. The minimum Gasteiger partial charge on any atom is -0.354 e. The van der Waals surface area contributed by atoms with Crippen molar-refractivity contribution in [1.82, 2.24) is 15.5 Å². The highest BCUT2D eigenvalue weighted by Gasteiger charge is 2.44. The number of piperidine rings is 1. The van der Waals surface area contributed by atoms with E-state index in [2.05, 4.69) is 22.9 Å². The molecule has 9 heteroatoms. The summed E-state index contributed by atoms with van der Waals surface area (Å²) in [7, 11) is 0. The molecule has 4 rings (SSSR count). The van der Waals surface area contributed by atoms with E-state index in [1.807, 2.05) is 35.2 Å². The fourth-order valence-electron chi connectivity index (χ4n) is 4.46. The first-order valence-electron chi connectivity index (χ1n) is 11.7. The number of nitrogens with one attached hydrogen (secondary N) is 3. The average molecular weight is 522 g/mol. The third-order valence-electron chi connectivity index (χ3n) is 6.49. The highest BCUT2D eigenvalue weighted by atomic mass is 35.5. The molecule has 2 aliphatic heterocycles. The number of thioether (sulfide) groups is 1. The van der Waals surface area contributed by atoms with Crippen molar-refractivity contribution in [3.05, 3.63) is 63.6 Å². The van der Waals surface area contributed by atoms with Crippen LogP contribution in [0.15, 0.2) is 42.5 Å². The van der Waals surface area contributed by atoms with E-state index in [9.17, 15) is 9.59 Å². The number of amides is 3. The van der Waals surface area contributed by atoms with E-state index in [-0.39, 0.29) is 22.9 Å². The Morgan fingerprint density at radius 3 is 2.65 bits per heavy atom. The van der Waals surface area contributed by atoms with Crippen molar-refractivity contribution in [2.24, 2.45) is 0 Å². The Morgan fingerprint density at radius 1 is 1.15 bits per heavy atom. The highest BCUT2D eigenvalue weighted by molar-refractivity contribution is 8.01. The van der Waals surface area contributed by atoms with Gasteiger partial charge in [-0.1, -0.05) is 54.4 Å². The molecule has 2 aromatic rings. The molecule has 1 atom stereocenters. The minimum absolute atomic E-state index is 0.00538. The maximum absolute atomic E-state index is 12.8. The molecule has 2 fully saturated rings. The van der Waals surface area contributed by atoms with Gasteiger partial charge in [-0.2, -0.15) is 0 Å². The zero-order chi connectivity index (χ0) is 24.1. The highest BCUT2D eigenvalue weighted by Crippen LogP contribution is 2.39. The van der Waals surface area contributed by atoms with Gasteiger partial charge in [0.15, 0.2) is 0 Å². The predicted molar refractivity (Wildman–Crippen MR) is 141 cm³/mol. The average Bonchev–Trinajstić information content (AvgIpc) is 3.24. The standard InChI is InChI=1S/C25H30Cl2N4O2S/c1-2-17-5-3-4-6-21(17)29-24(33)31-13-10-25(11-14-31)30-22(16-34-25)23(32)28-12-9-18-7-8-19(26)15-20(18)27/h3-8,15,22,30H,2,9-14,16H2,1H3,(H,28,32)(H,29,33). The molecule has 34 heavy (non-hydrogen) atoms. The number of hydrogen-bond acceptors (Lipinski definition) is 4. The van der Waals surface area contributed by atoms with Gasteiger partial charge in [-0.3, -0.25) is 10.1 Å². The number of rotatable bonds is 6. The molecule has 3 amide bonds. The number of nitrogens with zero attached hydrogens (tertiary/aromatic N) is 1. The normalized spacial score (nSPS) is 19.3. The SMILES string of the molecule is CCc1ccccc1NC(=O)N1CCC2(CC1)NC(C(=O)NCCc1ccc(Cl)cc1Cl)CS2. The van der Waals surface area contributed by atoms with Gasteiger partial charge in [-0.15, -0.1) is 11.8 Å². The van der Waals surface area contributed by atoms with E-state index in [0.29, 0.717) is 36.1 Å². The summed E-state index contributed by atoms with van der Waals surface area (Å²) in [5.74, 6) is 0.731. The molecule has 2 saturated heterocycles. The van der Waals surface area contributed by atoms with Crippen LogP contribution in [0, 0.1) is 0 Å². The molecule has 0 bridgehead atoms. The number of hydrogen-bond donors (Lipinski definition) is 3. The quantitative estimate of drug-likeness (QED) is 0.504. The molecule has 2 heterocycles. The Morgan fingerprint density at radius 2 is 1.91 bits per heavy atom. The van der Waals surface area contributed by atoms with Crippen molar-refractivity contribution in [3.8, 4) is 0 Å². The van der Waals surface area contributed by atoms with Crippen molar-refractivity contribution >= 4 is 52.6 Å². The van der Waals surface area contributed by atoms with Crippen molar-refractivity contribution in [2.45, 2.75) is 43.5 Å². The van der Waals surface area contributed by atoms with E-state index in [0.717, 1.165) is 41.8 Å². The lowest BCUT2D eigenvalue weighted by Gasteiger charge is -2.39. The number of likely N-dealkylation sites (tertiary alicyclic amines) is 1. The van der Waals surface area contributed by atoms with E-state index in [1.165, 1.54) is 0 Å². The minimum atomic E-state index is -0.234. The summed E-state index contributed by atoms with van der Waals surface area (Å²) in [4.78, 5) is 27.2. The van der Waals surface area contributed by atoms with Crippen LogP contribution in [0.4, 0.5) is 10.5 Å². The zero-order valence-electron chi connectivity index (χ0n) is 19.2. The number of urea groups is 1. The molecule has 0 aromatic heterocycles. The van der Waals surface area contributed by atoms with Gasteiger partial charge in [0.05, 0.1) is 10.9 Å². The molecule has 2 aliphatic rings. The zero-order valence-corrected chi connectivity index (χ0v) is 21.5. The fraction of sp³-hybridized carbons (Fsp3) is 0.440. The molecule has 0 aliphatic carbocycles. The van der Waals surface area contributed by atoms with Gasteiger partial charge in [0, 0.05) is 41.1 Å². The molecule has 0 radical (unpaired) electrons. The molecule has 3 N–H and O–H groups in total. The largest absolute Gasteiger partial charge is 0.354 e. The van der Waals surface area contributed by atoms with Gasteiger partial charge in [0.25, 0.3) is 0 Å². The maximum atomic E-state index is 12.8. The first-order chi connectivity index (χ1) is 16.4. The molecule has 1 unspecified atom stereocenters. The number of benzene rings is 2. The summed E-state index contributed by atoms with van der Waals surface area (Å²) < 4.78 is 0. The second-order valence-corrected chi connectivity index (χ2v) is 11.0. The summed E-state index contributed by atoms with van der Waals surface area (Å²) >= 11 is 14.0. The van der Waals surface area contributed by atoms with Crippen LogP contribution in [0.25, 0.3) is 0 Å². The summed E-state index contributed by atoms with van der Waals surface area (Å²) in [6, 6.07) is 13.0. The lowest BCUT2D eigenvalue weighted by molar-refractivity contribution is -0.122. The van der Waals surface area contributed by atoms with Gasteiger partial charge < -0.3 is 15.5 Å². The Balaban J connectivity index is 1.23. The molecule has 6 nitrogen and oxygen atoms in total. The topological polar surface area (TPSA) is 73.5 Å². The van der Waals surface area contributed by atoms with Crippen LogP contribution < -0.4 is 16.0 Å². The molecule has 1 spiro atoms. The monoisotopic (exact) mass is 520 g/mol. The summed E-state index contributed by atoms with van der Waals surface area (Å²) in [6.07, 6.45) is 3.14. The molecular weight excluding hydrogens is 491 g/mol. The van der Waals surface area contributed by atoms with Crippen LogP contribution in [-0.4, -0.2) is 53.1 Å². The second-order valence-electron chi connectivity index (χ2n) is 8.71. The van der Waals surface area contributed by atoms with Crippen LogP contribution in [0.2, 0.25) is 10.0 Å². The fourth-order valence-corrected chi connectivity index (χ4v) is 6.38. The van der Waals surface area contributed by atoms with E-state index >= 15 is 0 Å². The Bertz CT molecular complexity index is 1040. The number of aryl methyl sites for hydroxylation is 1. The maximum Gasteiger partial charge on any atom is 0.321 e. The number of carbonyl (C=O) groups excluding carboxylic acids is 2. The lowest BCUT2D eigenvalue weighted by Crippen LogP contribution is -2.55. The van der Waals surface area contributed by atoms with Crippen LogP contribution in [0.3, 0.4) is 0 Å². The number of para-hydroxylation sites is 1. The van der Waals surface area contributed by atoms with Gasteiger partial charge in [0.1, 0.15) is 0 Å². The van der Waals surface area contributed by atoms with Crippen LogP contribution in [0.1, 0.15) is 30.9 Å². The number of carbonyl (C=O) groups is 2. The summed E-state index contributed by atoms with van der Waals surface area (Å²) in [5, 5.41) is 10.8. The van der Waals surface area contributed by atoms with E-state index < -0.39 is 0 Å². The van der Waals surface area contributed by atoms with Crippen molar-refractivity contribution in [1.29, 1.82) is 0 Å².